The highest BCUT2D eigenvalue weighted by atomic mass is 32.2. The first-order valence-electron chi connectivity index (χ1n) is 10.5. The van der Waals surface area contributed by atoms with Crippen LogP contribution in [0.15, 0.2) is 41.4 Å². The molecule has 0 radical (unpaired) electrons. The normalized spacial score (nSPS) is 20.4. The number of pyridine rings is 1. The van der Waals surface area contributed by atoms with Gasteiger partial charge in [-0.05, 0) is 57.4 Å². The highest BCUT2D eigenvalue weighted by molar-refractivity contribution is 7.92. The van der Waals surface area contributed by atoms with Gasteiger partial charge in [-0.15, -0.1) is 0 Å². The van der Waals surface area contributed by atoms with Gasteiger partial charge in [0.05, 0.1) is 30.1 Å². The molecule has 2 aliphatic rings. The number of hydrogen-bond donors (Lipinski definition) is 1. The quantitative estimate of drug-likeness (QED) is 0.680. The summed E-state index contributed by atoms with van der Waals surface area (Å²) in [6, 6.07) is 7.26. The Morgan fingerprint density at radius 3 is 2.28 bits per heavy atom. The molecule has 2 aliphatic heterocycles. The van der Waals surface area contributed by atoms with E-state index in [2.05, 4.69) is 9.71 Å². The molecule has 1 N–H and O–H groups in total. The van der Waals surface area contributed by atoms with E-state index < -0.39 is 34.2 Å². The molecule has 8 nitrogen and oxygen atoms in total. The average molecular weight is 463 g/mol. The van der Waals surface area contributed by atoms with Gasteiger partial charge in [0.2, 0.25) is 0 Å². The Morgan fingerprint density at radius 1 is 1.06 bits per heavy atom. The highest BCUT2D eigenvalue weighted by Gasteiger charge is 2.51. The number of ether oxygens (including phenoxy) is 1. The fourth-order valence-electron chi connectivity index (χ4n) is 3.45. The van der Waals surface area contributed by atoms with E-state index in [1.54, 1.807) is 12.1 Å². The number of hydrogen-bond acceptors (Lipinski definition) is 7. The molecule has 0 unspecified atom stereocenters. The topological polar surface area (TPSA) is 90.0 Å². The maximum atomic E-state index is 14.8. The smallest absolute Gasteiger partial charge is 0.399 e. The molecule has 0 bridgehead atoms. The van der Waals surface area contributed by atoms with Crippen molar-refractivity contribution in [3.05, 3.63) is 42.3 Å². The molecular formula is C21H27BFN3O5S. The summed E-state index contributed by atoms with van der Waals surface area (Å²) in [5.74, 6) is -0.0520. The van der Waals surface area contributed by atoms with Gasteiger partial charge in [-0.2, -0.15) is 0 Å². The van der Waals surface area contributed by atoms with Gasteiger partial charge in [0.1, 0.15) is 16.5 Å². The van der Waals surface area contributed by atoms with Crippen LogP contribution in [-0.2, 0) is 24.1 Å². The molecule has 0 atom stereocenters. The van der Waals surface area contributed by atoms with Gasteiger partial charge in [0, 0.05) is 19.3 Å². The van der Waals surface area contributed by atoms with Crippen molar-refractivity contribution in [1.29, 1.82) is 0 Å². The van der Waals surface area contributed by atoms with E-state index in [-0.39, 0.29) is 10.6 Å². The number of morpholine rings is 1. The van der Waals surface area contributed by atoms with Gasteiger partial charge in [0.15, 0.2) is 0 Å². The van der Waals surface area contributed by atoms with E-state index >= 15 is 0 Å². The second-order valence-corrected chi connectivity index (χ2v) is 10.6. The number of halogens is 1. The summed E-state index contributed by atoms with van der Waals surface area (Å²) in [5.41, 5.74) is -0.813. The first-order chi connectivity index (χ1) is 15.0. The third kappa shape index (κ3) is 4.47. The molecule has 11 heteroatoms. The summed E-state index contributed by atoms with van der Waals surface area (Å²) in [5, 5.41) is 0. The second-order valence-electron chi connectivity index (χ2n) is 8.88. The number of benzene rings is 1. The van der Waals surface area contributed by atoms with E-state index in [4.69, 9.17) is 14.0 Å². The SMILES string of the molecule is CC1(C)OB(c2ccc(NS(=O)(=O)c3ccc(N4CCOCC4)nc3)c(F)c2)OC1(C)C. The van der Waals surface area contributed by atoms with E-state index in [9.17, 15) is 12.8 Å². The Morgan fingerprint density at radius 2 is 1.72 bits per heavy atom. The summed E-state index contributed by atoms with van der Waals surface area (Å²) in [4.78, 5) is 6.21. The molecule has 32 heavy (non-hydrogen) atoms. The Labute approximate surface area is 188 Å². The van der Waals surface area contributed by atoms with Crippen molar-refractivity contribution >= 4 is 34.1 Å². The molecule has 0 amide bonds. The third-order valence-electron chi connectivity index (χ3n) is 6.13. The van der Waals surface area contributed by atoms with Crippen LogP contribution in [0.1, 0.15) is 27.7 Å². The standard InChI is InChI=1S/C21H27BFN3O5S/c1-20(2)21(3,4)31-22(30-20)15-5-7-18(17(23)13-15)25-32(27,28)16-6-8-19(24-14-16)26-9-11-29-12-10-26/h5-8,13-14,25H,9-12H2,1-4H3. The van der Waals surface area contributed by atoms with Crippen LogP contribution in [0.2, 0.25) is 0 Å². The number of aromatic nitrogens is 1. The van der Waals surface area contributed by atoms with Crippen LogP contribution in [0.5, 0.6) is 0 Å². The number of rotatable bonds is 5. The zero-order valence-electron chi connectivity index (χ0n) is 18.6. The lowest BCUT2D eigenvalue weighted by atomic mass is 9.79. The van der Waals surface area contributed by atoms with Crippen LogP contribution in [0.3, 0.4) is 0 Å². The van der Waals surface area contributed by atoms with E-state index in [0.29, 0.717) is 37.6 Å². The molecule has 2 aromatic rings. The van der Waals surface area contributed by atoms with E-state index in [1.807, 2.05) is 32.6 Å². The number of nitrogens with zero attached hydrogens (tertiary/aromatic N) is 2. The summed E-state index contributed by atoms with van der Waals surface area (Å²) in [7, 11) is -4.75. The van der Waals surface area contributed by atoms with Crippen LogP contribution in [-0.4, -0.2) is 58.0 Å². The minimum Gasteiger partial charge on any atom is -0.399 e. The van der Waals surface area contributed by atoms with E-state index in [1.165, 1.54) is 24.4 Å². The minimum atomic E-state index is -4.01. The van der Waals surface area contributed by atoms with Crippen molar-refractivity contribution in [2.45, 2.75) is 43.8 Å². The summed E-state index contributed by atoms with van der Waals surface area (Å²) in [6.07, 6.45) is 1.27. The second kappa shape index (κ2) is 8.29. The molecule has 0 aliphatic carbocycles. The third-order valence-corrected chi connectivity index (χ3v) is 7.48. The van der Waals surface area contributed by atoms with Crippen molar-refractivity contribution in [2.75, 3.05) is 35.9 Å². The highest BCUT2D eigenvalue weighted by Crippen LogP contribution is 2.36. The fraction of sp³-hybridized carbons (Fsp3) is 0.476. The molecule has 1 aromatic carbocycles. The number of nitrogens with one attached hydrogen (secondary N) is 1. The lowest BCUT2D eigenvalue weighted by Crippen LogP contribution is -2.41. The molecule has 3 heterocycles. The maximum Gasteiger partial charge on any atom is 0.494 e. The monoisotopic (exact) mass is 463 g/mol. The maximum absolute atomic E-state index is 14.8. The van der Waals surface area contributed by atoms with Crippen LogP contribution in [0, 0.1) is 5.82 Å². The van der Waals surface area contributed by atoms with Crippen LogP contribution >= 0.6 is 0 Å². The van der Waals surface area contributed by atoms with Gasteiger partial charge in [0.25, 0.3) is 10.0 Å². The Kier molecular flexibility index (Phi) is 5.95. The lowest BCUT2D eigenvalue weighted by Gasteiger charge is -2.32. The van der Waals surface area contributed by atoms with Crippen molar-refractivity contribution in [1.82, 2.24) is 4.98 Å². The largest absolute Gasteiger partial charge is 0.494 e. The first kappa shape index (κ1) is 23.0. The first-order valence-corrected chi connectivity index (χ1v) is 11.9. The molecule has 2 fully saturated rings. The van der Waals surface area contributed by atoms with Crippen LogP contribution in [0.4, 0.5) is 15.9 Å². The zero-order valence-corrected chi connectivity index (χ0v) is 19.4. The molecule has 4 rings (SSSR count). The fourth-order valence-corrected chi connectivity index (χ4v) is 4.47. The Bertz CT molecular complexity index is 1070. The zero-order chi connectivity index (χ0) is 23.1. The van der Waals surface area contributed by atoms with Gasteiger partial charge in [-0.3, -0.25) is 4.72 Å². The Hall–Kier alpha value is -2.21. The van der Waals surface area contributed by atoms with Crippen LogP contribution < -0.4 is 15.1 Å². The lowest BCUT2D eigenvalue weighted by molar-refractivity contribution is 0.00578. The average Bonchev–Trinajstić information content (AvgIpc) is 2.97. The van der Waals surface area contributed by atoms with Gasteiger partial charge in [-0.1, -0.05) is 6.07 Å². The number of sulfonamides is 1. The molecule has 172 valence electrons. The Balaban J connectivity index is 1.49. The van der Waals surface area contributed by atoms with Crippen molar-refractivity contribution in [3.8, 4) is 0 Å². The van der Waals surface area contributed by atoms with Gasteiger partial charge < -0.3 is 18.9 Å². The molecule has 1 aromatic heterocycles. The van der Waals surface area contributed by atoms with Gasteiger partial charge in [-0.25, -0.2) is 17.8 Å². The summed E-state index contributed by atoms with van der Waals surface area (Å²) < 4.78 is 59.7. The molecule has 2 saturated heterocycles. The molecule has 0 spiro atoms. The summed E-state index contributed by atoms with van der Waals surface area (Å²) >= 11 is 0. The van der Waals surface area contributed by atoms with Crippen LogP contribution in [0.25, 0.3) is 0 Å². The molecular weight excluding hydrogens is 436 g/mol. The van der Waals surface area contributed by atoms with Crippen molar-refractivity contribution in [3.63, 3.8) is 0 Å². The molecule has 0 saturated carbocycles. The van der Waals surface area contributed by atoms with Crippen molar-refractivity contribution in [2.24, 2.45) is 0 Å². The summed E-state index contributed by atoms with van der Waals surface area (Å²) in [6.45, 7) is 10.2. The minimum absolute atomic E-state index is 0.0519. The van der Waals surface area contributed by atoms with Crippen molar-refractivity contribution < 1.29 is 26.9 Å². The van der Waals surface area contributed by atoms with Gasteiger partial charge >= 0.3 is 7.12 Å². The van der Waals surface area contributed by atoms with E-state index in [0.717, 1.165) is 0 Å². The predicted octanol–water partition coefficient (Wildman–Crippen LogP) is 2.16. The number of anilines is 2. The predicted molar refractivity (Wildman–Crippen MR) is 120 cm³/mol.